The van der Waals surface area contributed by atoms with E-state index in [1.165, 1.54) is 0 Å². The van der Waals surface area contributed by atoms with Gasteiger partial charge in [0.25, 0.3) is 5.91 Å². The lowest BCUT2D eigenvalue weighted by molar-refractivity contribution is 0.102. The van der Waals surface area contributed by atoms with Crippen LogP contribution in [0.3, 0.4) is 0 Å². The Labute approximate surface area is 137 Å². The third-order valence-electron chi connectivity index (χ3n) is 3.52. The summed E-state index contributed by atoms with van der Waals surface area (Å²) in [5.41, 5.74) is 3.74. The van der Waals surface area contributed by atoms with Crippen LogP contribution in [0.5, 0.6) is 0 Å². The molecule has 1 N–H and O–H groups in total. The van der Waals surface area contributed by atoms with Crippen LogP contribution in [0.2, 0.25) is 0 Å². The van der Waals surface area contributed by atoms with Gasteiger partial charge in [0, 0.05) is 39.4 Å². The van der Waals surface area contributed by atoms with Gasteiger partial charge < -0.3 is 15.1 Å². The first-order valence-corrected chi connectivity index (χ1v) is 7.41. The number of carbonyl (C=O) groups excluding carboxylic acids is 1. The maximum Gasteiger partial charge on any atom is 0.255 e. The Balaban J connectivity index is 2.29. The highest BCUT2D eigenvalue weighted by Gasteiger charge is 2.14. The Morgan fingerprint density at radius 3 is 2.13 bits per heavy atom. The SMILES string of the molecule is Cc1nc(N(C)C)nc(C)c1NC(=O)c1cccc(N(C)C)c1. The molecule has 0 atom stereocenters. The fraction of sp³-hybridized carbons (Fsp3) is 0.353. The summed E-state index contributed by atoms with van der Waals surface area (Å²) < 4.78 is 0. The van der Waals surface area contributed by atoms with E-state index in [4.69, 9.17) is 0 Å². The van der Waals surface area contributed by atoms with E-state index >= 15 is 0 Å². The summed E-state index contributed by atoms with van der Waals surface area (Å²) in [7, 11) is 7.66. The number of nitrogens with zero attached hydrogens (tertiary/aromatic N) is 4. The molecule has 2 rings (SSSR count). The molecule has 1 aromatic carbocycles. The minimum absolute atomic E-state index is 0.166. The van der Waals surface area contributed by atoms with Gasteiger partial charge in [0.2, 0.25) is 5.95 Å². The van der Waals surface area contributed by atoms with E-state index in [1.807, 2.05) is 70.0 Å². The Kier molecular flexibility index (Phi) is 4.83. The van der Waals surface area contributed by atoms with Gasteiger partial charge in [0.05, 0.1) is 17.1 Å². The lowest BCUT2D eigenvalue weighted by Crippen LogP contribution is -2.19. The van der Waals surface area contributed by atoms with Crippen molar-refractivity contribution >= 4 is 23.2 Å². The highest BCUT2D eigenvalue weighted by Crippen LogP contribution is 2.21. The predicted octanol–water partition coefficient (Wildman–Crippen LogP) is 2.48. The van der Waals surface area contributed by atoms with Crippen LogP contribution in [0.4, 0.5) is 17.3 Å². The van der Waals surface area contributed by atoms with Crippen molar-refractivity contribution in [3.63, 3.8) is 0 Å². The number of carbonyl (C=O) groups is 1. The average Bonchev–Trinajstić information content (AvgIpc) is 2.50. The van der Waals surface area contributed by atoms with Crippen LogP contribution in [0.15, 0.2) is 24.3 Å². The Bertz CT molecular complexity index is 702. The normalized spacial score (nSPS) is 10.3. The van der Waals surface area contributed by atoms with E-state index in [1.54, 1.807) is 6.07 Å². The maximum atomic E-state index is 12.5. The van der Waals surface area contributed by atoms with Crippen LogP contribution in [-0.4, -0.2) is 44.1 Å². The van der Waals surface area contributed by atoms with Crippen molar-refractivity contribution < 1.29 is 4.79 Å². The number of aromatic nitrogens is 2. The zero-order valence-corrected chi connectivity index (χ0v) is 14.5. The summed E-state index contributed by atoms with van der Waals surface area (Å²) in [5.74, 6) is 0.466. The fourth-order valence-corrected chi connectivity index (χ4v) is 2.19. The molecule has 0 fully saturated rings. The molecular formula is C17H23N5O. The molecule has 0 spiro atoms. The molecule has 1 amide bonds. The number of anilines is 3. The van der Waals surface area contributed by atoms with Gasteiger partial charge in [-0.2, -0.15) is 0 Å². The lowest BCUT2D eigenvalue weighted by atomic mass is 10.1. The van der Waals surface area contributed by atoms with E-state index in [-0.39, 0.29) is 5.91 Å². The van der Waals surface area contributed by atoms with Crippen LogP contribution in [0.1, 0.15) is 21.7 Å². The largest absolute Gasteiger partial charge is 0.378 e. The number of hydrogen-bond acceptors (Lipinski definition) is 5. The first-order valence-electron chi connectivity index (χ1n) is 7.41. The summed E-state index contributed by atoms with van der Waals surface area (Å²) in [6, 6.07) is 7.48. The first-order chi connectivity index (χ1) is 10.8. The summed E-state index contributed by atoms with van der Waals surface area (Å²) >= 11 is 0. The zero-order chi connectivity index (χ0) is 17.1. The molecule has 122 valence electrons. The molecule has 6 nitrogen and oxygen atoms in total. The summed E-state index contributed by atoms with van der Waals surface area (Å²) in [4.78, 5) is 25.2. The number of aryl methyl sites for hydroxylation is 2. The molecule has 2 aromatic rings. The molecule has 0 radical (unpaired) electrons. The van der Waals surface area contributed by atoms with Crippen LogP contribution in [0, 0.1) is 13.8 Å². The molecule has 0 saturated carbocycles. The third-order valence-corrected chi connectivity index (χ3v) is 3.52. The minimum atomic E-state index is -0.166. The van der Waals surface area contributed by atoms with Crippen LogP contribution in [-0.2, 0) is 0 Å². The second-order valence-corrected chi connectivity index (χ2v) is 5.86. The zero-order valence-electron chi connectivity index (χ0n) is 14.5. The van der Waals surface area contributed by atoms with Crippen molar-refractivity contribution in [2.24, 2.45) is 0 Å². The number of nitrogens with one attached hydrogen (secondary N) is 1. The minimum Gasteiger partial charge on any atom is -0.378 e. The Morgan fingerprint density at radius 1 is 1.00 bits per heavy atom. The third kappa shape index (κ3) is 3.77. The second kappa shape index (κ2) is 6.64. The van der Waals surface area contributed by atoms with Gasteiger partial charge in [-0.25, -0.2) is 9.97 Å². The van der Waals surface area contributed by atoms with Gasteiger partial charge >= 0.3 is 0 Å². The Morgan fingerprint density at radius 2 is 1.61 bits per heavy atom. The topological polar surface area (TPSA) is 61.4 Å². The standard InChI is InChI=1S/C17H23N5O/c1-11-15(12(2)19-17(18-11)22(5)6)20-16(23)13-8-7-9-14(10-13)21(3)4/h7-10H,1-6H3,(H,20,23). The summed E-state index contributed by atoms with van der Waals surface area (Å²) in [6.07, 6.45) is 0. The number of rotatable bonds is 4. The number of amides is 1. The number of benzene rings is 1. The maximum absolute atomic E-state index is 12.5. The molecular weight excluding hydrogens is 290 g/mol. The first kappa shape index (κ1) is 16.7. The number of hydrogen-bond donors (Lipinski definition) is 1. The van der Waals surface area contributed by atoms with Crippen molar-refractivity contribution in [2.45, 2.75) is 13.8 Å². The van der Waals surface area contributed by atoms with Crippen molar-refractivity contribution in [1.82, 2.24) is 9.97 Å². The van der Waals surface area contributed by atoms with Gasteiger partial charge in [0.1, 0.15) is 0 Å². The van der Waals surface area contributed by atoms with E-state index in [0.29, 0.717) is 17.2 Å². The van der Waals surface area contributed by atoms with Gasteiger partial charge in [-0.1, -0.05) is 6.07 Å². The van der Waals surface area contributed by atoms with Gasteiger partial charge in [-0.15, -0.1) is 0 Å². The van der Waals surface area contributed by atoms with Crippen LogP contribution >= 0.6 is 0 Å². The molecule has 0 unspecified atom stereocenters. The molecule has 0 aliphatic carbocycles. The van der Waals surface area contributed by atoms with Gasteiger partial charge in [0.15, 0.2) is 0 Å². The quantitative estimate of drug-likeness (QED) is 0.939. The summed E-state index contributed by atoms with van der Waals surface area (Å²) in [5, 5.41) is 2.93. The average molecular weight is 313 g/mol. The van der Waals surface area contributed by atoms with E-state index in [2.05, 4.69) is 15.3 Å². The molecule has 0 saturated heterocycles. The fourth-order valence-electron chi connectivity index (χ4n) is 2.19. The molecule has 1 heterocycles. The highest BCUT2D eigenvalue weighted by atomic mass is 16.1. The van der Waals surface area contributed by atoms with Gasteiger partial charge in [-0.05, 0) is 32.0 Å². The van der Waals surface area contributed by atoms with Crippen molar-refractivity contribution in [3.05, 3.63) is 41.2 Å². The van der Waals surface area contributed by atoms with Crippen LogP contribution in [0.25, 0.3) is 0 Å². The van der Waals surface area contributed by atoms with E-state index < -0.39 is 0 Å². The van der Waals surface area contributed by atoms with Crippen molar-refractivity contribution in [1.29, 1.82) is 0 Å². The molecule has 0 aliphatic heterocycles. The van der Waals surface area contributed by atoms with E-state index in [9.17, 15) is 4.79 Å². The van der Waals surface area contributed by atoms with Gasteiger partial charge in [-0.3, -0.25) is 4.79 Å². The highest BCUT2D eigenvalue weighted by molar-refractivity contribution is 6.05. The second-order valence-electron chi connectivity index (χ2n) is 5.86. The summed E-state index contributed by atoms with van der Waals surface area (Å²) in [6.45, 7) is 3.74. The van der Waals surface area contributed by atoms with Crippen molar-refractivity contribution in [3.8, 4) is 0 Å². The monoisotopic (exact) mass is 313 g/mol. The van der Waals surface area contributed by atoms with Crippen molar-refractivity contribution in [2.75, 3.05) is 43.3 Å². The lowest BCUT2D eigenvalue weighted by Gasteiger charge is -2.16. The van der Waals surface area contributed by atoms with Crippen LogP contribution < -0.4 is 15.1 Å². The molecule has 0 bridgehead atoms. The molecule has 6 heteroatoms. The molecule has 23 heavy (non-hydrogen) atoms. The smallest absolute Gasteiger partial charge is 0.255 e. The predicted molar refractivity (Wildman–Crippen MR) is 94.6 cm³/mol. The Hall–Kier alpha value is -2.63. The molecule has 0 aliphatic rings. The molecule has 1 aromatic heterocycles. The van der Waals surface area contributed by atoms with E-state index in [0.717, 1.165) is 17.1 Å².